The summed E-state index contributed by atoms with van der Waals surface area (Å²) in [5.41, 5.74) is 0.786. The van der Waals surface area contributed by atoms with E-state index in [-0.39, 0.29) is 0 Å². The van der Waals surface area contributed by atoms with Gasteiger partial charge in [-0.15, -0.1) is 0 Å². The van der Waals surface area contributed by atoms with E-state index in [1.807, 2.05) is 11.0 Å². The predicted octanol–water partition coefficient (Wildman–Crippen LogP) is 2.00. The number of hydrogen-bond donors (Lipinski definition) is 0. The Labute approximate surface area is 114 Å². The van der Waals surface area contributed by atoms with Crippen molar-refractivity contribution in [3.8, 4) is 0 Å². The number of rotatable bonds is 5. The molecule has 2 heterocycles. The van der Waals surface area contributed by atoms with Crippen molar-refractivity contribution in [1.82, 2.24) is 15.0 Å². The Kier molecular flexibility index (Phi) is 4.64. The van der Waals surface area contributed by atoms with Gasteiger partial charge in [0.25, 0.3) is 0 Å². The molecule has 1 aliphatic rings. The number of aryl methyl sites for hydroxylation is 1. The smallest absolute Gasteiger partial charge is 0.319 e. The van der Waals surface area contributed by atoms with E-state index >= 15 is 0 Å². The van der Waals surface area contributed by atoms with E-state index < -0.39 is 18.9 Å². The van der Waals surface area contributed by atoms with Crippen LogP contribution >= 0.6 is 0 Å². The molecule has 0 radical (unpaired) electrons. The highest BCUT2D eigenvalue weighted by Crippen LogP contribution is 2.24. The van der Waals surface area contributed by atoms with E-state index in [2.05, 4.69) is 5.16 Å². The zero-order chi connectivity index (χ0) is 14.8. The first-order valence-corrected chi connectivity index (χ1v) is 6.40. The molecule has 0 N–H and O–H groups in total. The summed E-state index contributed by atoms with van der Waals surface area (Å²) >= 11 is 0. The Hall–Kier alpha value is -1.15. The number of aromatic nitrogens is 1. The average molecular weight is 295 g/mol. The molecule has 4 nitrogen and oxygen atoms in total. The van der Waals surface area contributed by atoms with Crippen LogP contribution in [0.15, 0.2) is 10.6 Å². The van der Waals surface area contributed by atoms with Crippen molar-refractivity contribution in [2.24, 2.45) is 0 Å². The fourth-order valence-electron chi connectivity index (χ4n) is 2.19. The molecule has 0 amide bonds. The van der Waals surface area contributed by atoms with E-state index in [0.29, 0.717) is 32.7 Å². The van der Waals surface area contributed by atoms with Gasteiger partial charge in [0.1, 0.15) is 5.76 Å². The maximum Gasteiger partial charge on any atom is 0.319 e. The summed E-state index contributed by atoms with van der Waals surface area (Å²) < 4.78 is 55.1. The van der Waals surface area contributed by atoms with Gasteiger partial charge in [-0.2, -0.15) is 8.78 Å². The zero-order valence-corrected chi connectivity index (χ0v) is 11.2. The first-order valence-electron chi connectivity index (χ1n) is 6.40. The van der Waals surface area contributed by atoms with Gasteiger partial charge in [0.2, 0.25) is 0 Å². The summed E-state index contributed by atoms with van der Waals surface area (Å²) in [6.07, 6.45) is -3.61. The Balaban J connectivity index is 1.78. The quantitative estimate of drug-likeness (QED) is 0.778. The fraction of sp³-hybridized carbons (Fsp3) is 0.750. The Bertz CT molecular complexity index is 430. The topological polar surface area (TPSA) is 32.5 Å². The number of nitrogens with zero attached hydrogens (tertiary/aromatic N) is 3. The van der Waals surface area contributed by atoms with Crippen LogP contribution in [0.3, 0.4) is 0 Å². The second-order valence-corrected chi connectivity index (χ2v) is 5.04. The lowest BCUT2D eigenvalue weighted by Gasteiger charge is -2.35. The molecular weight excluding hydrogens is 278 g/mol. The SMILES string of the molecule is Cc1cc(CN2CCN(CC(F)(F)C(F)F)CC2)no1. The van der Waals surface area contributed by atoms with Gasteiger partial charge >= 0.3 is 12.3 Å². The van der Waals surface area contributed by atoms with Gasteiger partial charge in [0.15, 0.2) is 0 Å². The fourth-order valence-corrected chi connectivity index (χ4v) is 2.19. The summed E-state index contributed by atoms with van der Waals surface area (Å²) in [6.45, 7) is 3.27. The monoisotopic (exact) mass is 295 g/mol. The second-order valence-electron chi connectivity index (χ2n) is 5.04. The summed E-state index contributed by atoms with van der Waals surface area (Å²) in [5, 5.41) is 3.86. The first kappa shape index (κ1) is 15.2. The molecule has 1 aromatic rings. The standard InChI is InChI=1S/C12H17F4N3O/c1-9-6-10(17-20-9)7-18-2-4-19(5-3-18)8-12(15,16)11(13)14/h6,11H,2-5,7-8H2,1H3. The Morgan fingerprint density at radius 2 is 1.85 bits per heavy atom. The molecule has 1 fully saturated rings. The largest absolute Gasteiger partial charge is 0.361 e. The van der Waals surface area contributed by atoms with Crippen molar-refractivity contribution in [3.05, 3.63) is 17.5 Å². The first-order chi connectivity index (χ1) is 9.37. The molecule has 0 bridgehead atoms. The van der Waals surface area contributed by atoms with Crippen LogP contribution in [0.1, 0.15) is 11.5 Å². The molecule has 1 saturated heterocycles. The van der Waals surface area contributed by atoms with Crippen LogP contribution in [0.4, 0.5) is 17.6 Å². The molecule has 0 spiro atoms. The molecule has 114 valence electrons. The lowest BCUT2D eigenvalue weighted by atomic mass is 10.2. The second kappa shape index (κ2) is 6.09. The van der Waals surface area contributed by atoms with Crippen LogP contribution in [0, 0.1) is 6.92 Å². The summed E-state index contributed by atoms with van der Waals surface area (Å²) in [5.74, 6) is -3.22. The molecule has 20 heavy (non-hydrogen) atoms. The van der Waals surface area contributed by atoms with E-state index in [4.69, 9.17) is 4.52 Å². The van der Waals surface area contributed by atoms with E-state index in [1.54, 1.807) is 6.92 Å². The summed E-state index contributed by atoms with van der Waals surface area (Å²) in [6, 6.07) is 1.82. The third-order valence-corrected chi connectivity index (χ3v) is 3.28. The lowest BCUT2D eigenvalue weighted by Crippen LogP contribution is -2.51. The van der Waals surface area contributed by atoms with Crippen molar-refractivity contribution in [2.45, 2.75) is 25.8 Å². The van der Waals surface area contributed by atoms with Gasteiger partial charge in [-0.1, -0.05) is 5.16 Å². The van der Waals surface area contributed by atoms with E-state index in [9.17, 15) is 17.6 Å². The average Bonchev–Trinajstić information content (AvgIpc) is 2.77. The lowest BCUT2D eigenvalue weighted by molar-refractivity contribution is -0.145. The molecule has 8 heteroatoms. The van der Waals surface area contributed by atoms with Gasteiger partial charge in [-0.3, -0.25) is 9.80 Å². The van der Waals surface area contributed by atoms with Crippen LogP contribution < -0.4 is 0 Å². The van der Waals surface area contributed by atoms with Crippen molar-refractivity contribution < 1.29 is 22.1 Å². The van der Waals surface area contributed by atoms with Gasteiger partial charge in [-0.25, -0.2) is 8.78 Å². The Morgan fingerprint density at radius 3 is 2.35 bits per heavy atom. The molecule has 2 rings (SSSR count). The van der Waals surface area contributed by atoms with Crippen molar-refractivity contribution in [1.29, 1.82) is 0 Å². The molecule has 0 aromatic carbocycles. The van der Waals surface area contributed by atoms with Crippen molar-refractivity contribution in [2.75, 3.05) is 32.7 Å². The van der Waals surface area contributed by atoms with Crippen LogP contribution in [0.5, 0.6) is 0 Å². The molecule has 0 atom stereocenters. The van der Waals surface area contributed by atoms with Crippen molar-refractivity contribution >= 4 is 0 Å². The molecule has 1 aromatic heterocycles. The molecular formula is C12H17F4N3O. The van der Waals surface area contributed by atoms with Crippen LogP contribution in [0.25, 0.3) is 0 Å². The Morgan fingerprint density at radius 1 is 1.25 bits per heavy atom. The van der Waals surface area contributed by atoms with Crippen LogP contribution in [-0.2, 0) is 6.54 Å². The maximum atomic E-state index is 12.9. The highest BCUT2D eigenvalue weighted by atomic mass is 19.3. The van der Waals surface area contributed by atoms with E-state index in [1.165, 1.54) is 4.90 Å². The maximum absolute atomic E-state index is 12.9. The zero-order valence-electron chi connectivity index (χ0n) is 11.2. The van der Waals surface area contributed by atoms with Gasteiger partial charge in [0, 0.05) is 38.8 Å². The number of alkyl halides is 4. The van der Waals surface area contributed by atoms with Crippen LogP contribution in [0.2, 0.25) is 0 Å². The normalized spacial score (nSPS) is 18.9. The van der Waals surface area contributed by atoms with Gasteiger partial charge in [-0.05, 0) is 6.92 Å². The minimum absolute atomic E-state index is 0.346. The minimum atomic E-state index is -3.94. The van der Waals surface area contributed by atoms with E-state index in [0.717, 1.165) is 11.5 Å². The van der Waals surface area contributed by atoms with Crippen molar-refractivity contribution in [3.63, 3.8) is 0 Å². The minimum Gasteiger partial charge on any atom is -0.361 e. The summed E-state index contributed by atoms with van der Waals surface area (Å²) in [4.78, 5) is 3.41. The molecule has 0 saturated carbocycles. The third-order valence-electron chi connectivity index (χ3n) is 3.28. The van der Waals surface area contributed by atoms with Gasteiger partial charge < -0.3 is 4.52 Å². The molecule has 1 aliphatic heterocycles. The number of hydrogen-bond acceptors (Lipinski definition) is 4. The highest BCUT2D eigenvalue weighted by Gasteiger charge is 2.42. The number of piperazine rings is 1. The third kappa shape index (κ3) is 3.92. The molecule has 0 aliphatic carbocycles. The molecule has 0 unspecified atom stereocenters. The summed E-state index contributed by atoms with van der Waals surface area (Å²) in [7, 11) is 0. The van der Waals surface area contributed by atoms with Gasteiger partial charge in [0.05, 0.1) is 12.2 Å². The highest BCUT2D eigenvalue weighted by molar-refractivity contribution is 5.03. The van der Waals surface area contributed by atoms with Crippen LogP contribution in [-0.4, -0.2) is 60.0 Å². The number of halogens is 4. The predicted molar refractivity (Wildman–Crippen MR) is 63.9 cm³/mol.